The number of aliphatic hydroxyl groups excluding tert-OH is 1. The Morgan fingerprint density at radius 2 is 1.62 bits per heavy atom. The minimum atomic E-state index is -2.33. The molecule has 1 atom stereocenters. The molecule has 1 saturated heterocycles. The van der Waals surface area contributed by atoms with Crippen LogP contribution in [0.2, 0.25) is 19.1 Å². The number of hydrogen-bond acceptors (Lipinski definition) is 7. The van der Waals surface area contributed by atoms with Crippen LogP contribution in [0.15, 0.2) is 0 Å². The minimum Gasteiger partial charge on any atom is -0.396 e. The maximum absolute atomic E-state index is 9.18. The second-order valence-corrected chi connectivity index (χ2v) is 12.7. The fourth-order valence-corrected chi connectivity index (χ4v) is 5.20. The predicted molar refractivity (Wildman–Crippen MR) is 97.6 cm³/mol. The van der Waals surface area contributed by atoms with Crippen LogP contribution < -0.4 is 0 Å². The van der Waals surface area contributed by atoms with Crippen molar-refractivity contribution in [2.45, 2.75) is 45.5 Å². The predicted octanol–water partition coefficient (Wildman–Crippen LogP) is 1.82. The minimum absolute atomic E-state index is 0.00820. The summed E-state index contributed by atoms with van der Waals surface area (Å²) in [5.74, 6) is 0. The van der Waals surface area contributed by atoms with Gasteiger partial charge in [-0.1, -0.05) is 0 Å². The summed E-state index contributed by atoms with van der Waals surface area (Å²) in [6.07, 6.45) is 1.15. The Bertz CT molecular complexity index is 281. The summed E-state index contributed by atoms with van der Waals surface area (Å²) in [6.45, 7) is 11.8. The Labute approximate surface area is 149 Å². The lowest BCUT2D eigenvalue weighted by Crippen LogP contribution is -2.44. The van der Waals surface area contributed by atoms with E-state index in [1.165, 1.54) is 0 Å². The Hall–Kier alpha value is 0.154. The van der Waals surface area contributed by atoms with E-state index in [1.54, 1.807) is 14.2 Å². The zero-order valence-corrected chi connectivity index (χ0v) is 18.1. The number of aliphatic hydroxyl groups is 1. The number of hydrogen-bond donors (Lipinski definition) is 1. The molecule has 1 heterocycles. The zero-order valence-electron chi connectivity index (χ0n) is 16.1. The highest BCUT2D eigenvalue weighted by atomic mass is 28.4. The molecule has 1 aliphatic heterocycles. The first-order chi connectivity index (χ1) is 11.4. The highest BCUT2D eigenvalue weighted by molar-refractivity contribution is 6.67. The molecule has 0 amide bonds. The van der Waals surface area contributed by atoms with Crippen molar-refractivity contribution in [1.29, 1.82) is 0 Å². The fraction of sp³-hybridized carbons (Fsp3) is 1.00. The molecule has 0 aromatic rings. The summed E-state index contributed by atoms with van der Waals surface area (Å²) < 4.78 is 31.7. The molecule has 24 heavy (non-hydrogen) atoms. The first kappa shape index (κ1) is 24.2. The third-order valence-corrected chi connectivity index (χ3v) is 8.57. The van der Waals surface area contributed by atoms with E-state index >= 15 is 0 Å². The van der Waals surface area contributed by atoms with Gasteiger partial charge in [-0.3, -0.25) is 0 Å². The van der Waals surface area contributed by atoms with Crippen molar-refractivity contribution in [3.05, 3.63) is 0 Å². The molecule has 0 aromatic heterocycles. The summed E-state index contributed by atoms with van der Waals surface area (Å²) in [5.41, 5.74) is 0. The third-order valence-electron chi connectivity index (χ3n) is 3.52. The highest BCUT2D eigenvalue weighted by Gasteiger charge is 2.34. The normalized spacial score (nSPS) is 17.4. The van der Waals surface area contributed by atoms with Crippen LogP contribution in [0.5, 0.6) is 0 Å². The summed E-state index contributed by atoms with van der Waals surface area (Å²) >= 11 is 0. The molecule has 0 bridgehead atoms. The van der Waals surface area contributed by atoms with Crippen LogP contribution in [0.4, 0.5) is 0 Å². The van der Waals surface area contributed by atoms with E-state index in [0.717, 1.165) is 32.3 Å². The molecule has 146 valence electrons. The smallest absolute Gasteiger partial charge is 0.364 e. The van der Waals surface area contributed by atoms with Crippen LogP contribution in [0.3, 0.4) is 0 Å². The lowest BCUT2D eigenvalue weighted by atomic mass is 10.5. The van der Waals surface area contributed by atoms with E-state index in [1.807, 2.05) is 13.8 Å². The molecule has 7 nitrogen and oxygen atoms in total. The van der Waals surface area contributed by atoms with E-state index in [-0.39, 0.29) is 6.23 Å². The number of rotatable bonds is 13. The van der Waals surface area contributed by atoms with Gasteiger partial charge in [-0.15, -0.1) is 0 Å². The largest absolute Gasteiger partial charge is 0.396 e. The average molecular weight is 385 g/mol. The van der Waals surface area contributed by atoms with Gasteiger partial charge in [0, 0.05) is 34.0 Å². The molecule has 0 aromatic carbocycles. The first-order valence-electron chi connectivity index (χ1n) is 8.57. The number of ether oxygens (including phenoxy) is 2. The van der Waals surface area contributed by atoms with Crippen LogP contribution in [-0.4, -0.2) is 81.8 Å². The molecule has 0 aliphatic carbocycles. The van der Waals surface area contributed by atoms with Crippen molar-refractivity contribution in [3.63, 3.8) is 0 Å². The average Bonchev–Trinajstić information content (AvgIpc) is 3.36. The maximum Gasteiger partial charge on any atom is 0.364 e. The van der Waals surface area contributed by atoms with Crippen LogP contribution in [-0.2, 0) is 27.2 Å². The van der Waals surface area contributed by atoms with E-state index in [9.17, 15) is 5.11 Å². The number of epoxide rings is 1. The van der Waals surface area contributed by atoms with Crippen LogP contribution in [0, 0.1) is 0 Å². The van der Waals surface area contributed by atoms with Crippen LogP contribution in [0.1, 0.15) is 20.3 Å². The van der Waals surface area contributed by atoms with Gasteiger partial charge >= 0.3 is 17.1 Å². The van der Waals surface area contributed by atoms with Crippen molar-refractivity contribution in [3.8, 4) is 0 Å². The van der Waals surface area contributed by atoms with E-state index in [4.69, 9.17) is 27.2 Å². The maximum atomic E-state index is 9.18. The lowest BCUT2D eigenvalue weighted by molar-refractivity contribution is 0.113. The SMILES string of the molecule is CCO[Si](C)(C)OCC.CO[Si](CO)(CCCOCC1CO1)OC. The summed E-state index contributed by atoms with van der Waals surface area (Å²) in [5, 5.41) is 9.18. The van der Waals surface area contributed by atoms with Gasteiger partial charge in [0.25, 0.3) is 0 Å². The zero-order chi connectivity index (χ0) is 18.5. The molecule has 1 rings (SSSR count). The molecule has 1 fully saturated rings. The molecule has 1 aliphatic rings. The van der Waals surface area contributed by atoms with Crippen molar-refractivity contribution in [1.82, 2.24) is 0 Å². The molecular formula is C15H36O7Si2. The quantitative estimate of drug-likeness (QED) is 0.295. The summed E-state index contributed by atoms with van der Waals surface area (Å²) in [7, 11) is -0.862. The summed E-state index contributed by atoms with van der Waals surface area (Å²) in [4.78, 5) is 0. The van der Waals surface area contributed by atoms with E-state index in [0.29, 0.717) is 19.3 Å². The first-order valence-corrected chi connectivity index (χ1v) is 13.6. The second-order valence-electron chi connectivity index (χ2n) is 5.88. The Kier molecular flexibility index (Phi) is 13.5. The third kappa shape index (κ3) is 11.7. The Morgan fingerprint density at radius 1 is 1.08 bits per heavy atom. The van der Waals surface area contributed by atoms with Crippen molar-refractivity contribution in [2.75, 3.05) is 53.5 Å². The van der Waals surface area contributed by atoms with Gasteiger partial charge in [-0.25, -0.2) is 0 Å². The summed E-state index contributed by atoms with van der Waals surface area (Å²) in [6, 6.07) is 0.752. The van der Waals surface area contributed by atoms with Gasteiger partial charge in [0.1, 0.15) is 6.10 Å². The van der Waals surface area contributed by atoms with Gasteiger partial charge < -0.3 is 32.3 Å². The fourth-order valence-electron chi connectivity index (χ4n) is 2.06. The molecule has 0 spiro atoms. The Balaban J connectivity index is 0.000000506. The van der Waals surface area contributed by atoms with E-state index in [2.05, 4.69) is 13.1 Å². The molecule has 0 radical (unpaired) electrons. The van der Waals surface area contributed by atoms with Crippen molar-refractivity contribution in [2.24, 2.45) is 0 Å². The van der Waals surface area contributed by atoms with Gasteiger partial charge in [0.15, 0.2) is 0 Å². The topological polar surface area (TPSA) is 78.9 Å². The molecule has 1 unspecified atom stereocenters. The van der Waals surface area contributed by atoms with Gasteiger partial charge in [0.2, 0.25) is 0 Å². The monoisotopic (exact) mass is 384 g/mol. The standard InChI is InChI=1S/C9H20O5Si.C6H16O2Si/c1-11-15(8-10,12-2)5-3-4-13-6-9-7-14-9;1-5-7-9(3,4)8-6-2/h9-10H,3-8H2,1-2H3;5-6H2,1-4H3. The Morgan fingerprint density at radius 3 is 2.00 bits per heavy atom. The molecule has 9 heteroatoms. The van der Waals surface area contributed by atoms with Gasteiger partial charge in [-0.05, 0) is 39.4 Å². The lowest BCUT2D eigenvalue weighted by Gasteiger charge is -2.24. The van der Waals surface area contributed by atoms with E-state index < -0.39 is 17.1 Å². The van der Waals surface area contributed by atoms with Crippen LogP contribution >= 0.6 is 0 Å². The van der Waals surface area contributed by atoms with Gasteiger partial charge in [-0.2, -0.15) is 0 Å². The molecule has 1 N–H and O–H groups in total. The molecular weight excluding hydrogens is 348 g/mol. The van der Waals surface area contributed by atoms with Crippen molar-refractivity contribution < 1.29 is 32.3 Å². The second kappa shape index (κ2) is 13.4. The van der Waals surface area contributed by atoms with Gasteiger partial charge in [0.05, 0.1) is 19.4 Å². The highest BCUT2D eigenvalue weighted by Crippen LogP contribution is 2.14. The molecule has 0 saturated carbocycles. The van der Waals surface area contributed by atoms with Crippen LogP contribution in [0.25, 0.3) is 0 Å². The van der Waals surface area contributed by atoms with Crippen molar-refractivity contribution >= 4 is 17.1 Å².